The maximum absolute atomic E-state index is 12.5. The Labute approximate surface area is 183 Å². The summed E-state index contributed by atoms with van der Waals surface area (Å²) in [6.07, 6.45) is 4.13. The summed E-state index contributed by atoms with van der Waals surface area (Å²) < 4.78 is 5.20. The summed E-state index contributed by atoms with van der Waals surface area (Å²) >= 11 is 13.4. The zero-order valence-electron chi connectivity index (χ0n) is 16.1. The van der Waals surface area contributed by atoms with Crippen LogP contribution >= 0.6 is 34.5 Å². The zero-order chi connectivity index (χ0) is 21.0. The van der Waals surface area contributed by atoms with Gasteiger partial charge in [0.1, 0.15) is 5.00 Å². The number of hydrogen-bond acceptors (Lipinski definition) is 5. The number of nitrogens with one attached hydrogen (secondary N) is 2. The second kappa shape index (κ2) is 9.61. The molecule has 0 saturated heterocycles. The van der Waals surface area contributed by atoms with E-state index in [1.165, 1.54) is 17.6 Å². The molecule has 0 radical (unpaired) electrons. The average Bonchev–Trinajstić information content (AvgIpc) is 3.00. The van der Waals surface area contributed by atoms with Crippen molar-refractivity contribution < 1.29 is 14.3 Å². The van der Waals surface area contributed by atoms with Crippen LogP contribution in [0.3, 0.4) is 0 Å². The van der Waals surface area contributed by atoms with Crippen LogP contribution in [0.25, 0.3) is 0 Å². The van der Waals surface area contributed by atoms with Crippen LogP contribution < -0.4 is 10.7 Å². The van der Waals surface area contributed by atoms with E-state index >= 15 is 0 Å². The highest BCUT2D eigenvalue weighted by Crippen LogP contribution is 2.40. The number of esters is 1. The lowest BCUT2D eigenvalue weighted by Crippen LogP contribution is -2.25. The molecule has 29 heavy (non-hydrogen) atoms. The standard InChI is InChI=1S/C20H21Cl2N3O3S/c1-3-28-19(26)17-14-7-4-11(2)8-16(14)29-18(17)24-20(27)25-23-10-12-5-6-13(21)9-15(12)22/h5-6,9-11H,3-4,7-8H2,1-2H3,(H2,24,25,27)/t11-/m0/s1. The highest BCUT2D eigenvalue weighted by molar-refractivity contribution is 7.17. The van der Waals surface area contributed by atoms with Crippen LogP contribution in [0.5, 0.6) is 0 Å². The molecular formula is C20H21Cl2N3O3S. The average molecular weight is 454 g/mol. The van der Waals surface area contributed by atoms with Crippen LogP contribution in [0.2, 0.25) is 10.0 Å². The number of carbonyl (C=O) groups excluding carboxylic acids is 2. The van der Waals surface area contributed by atoms with Gasteiger partial charge >= 0.3 is 12.0 Å². The third kappa shape index (κ3) is 5.29. The van der Waals surface area contributed by atoms with Crippen LogP contribution in [0.15, 0.2) is 23.3 Å². The molecule has 2 aromatic rings. The van der Waals surface area contributed by atoms with Gasteiger partial charge in [0.2, 0.25) is 0 Å². The maximum atomic E-state index is 12.5. The predicted octanol–water partition coefficient (Wildman–Crippen LogP) is 5.51. The first kappa shape index (κ1) is 21.6. The maximum Gasteiger partial charge on any atom is 0.341 e. The SMILES string of the molecule is CCOC(=O)c1c(NC(=O)NN=Cc2ccc(Cl)cc2Cl)sc2c1CC[C@H](C)C2. The Morgan fingerprint density at radius 3 is 2.90 bits per heavy atom. The smallest absolute Gasteiger partial charge is 0.341 e. The van der Waals surface area contributed by atoms with E-state index in [1.807, 2.05) is 0 Å². The van der Waals surface area contributed by atoms with E-state index in [0.29, 0.717) is 32.1 Å². The van der Waals surface area contributed by atoms with Gasteiger partial charge in [-0.3, -0.25) is 5.32 Å². The fourth-order valence-electron chi connectivity index (χ4n) is 3.16. The van der Waals surface area contributed by atoms with Crippen molar-refractivity contribution in [1.29, 1.82) is 0 Å². The highest BCUT2D eigenvalue weighted by Gasteiger charge is 2.29. The minimum atomic E-state index is -0.552. The minimum Gasteiger partial charge on any atom is -0.462 e. The van der Waals surface area contributed by atoms with Crippen LogP contribution in [0.4, 0.5) is 9.80 Å². The van der Waals surface area contributed by atoms with Gasteiger partial charge in [-0.25, -0.2) is 15.0 Å². The van der Waals surface area contributed by atoms with Gasteiger partial charge < -0.3 is 4.74 Å². The first-order valence-corrected chi connectivity index (χ1v) is 10.8. The van der Waals surface area contributed by atoms with E-state index in [2.05, 4.69) is 22.8 Å². The van der Waals surface area contributed by atoms with E-state index in [9.17, 15) is 9.59 Å². The summed E-state index contributed by atoms with van der Waals surface area (Å²) in [6.45, 7) is 4.22. The first-order chi connectivity index (χ1) is 13.9. The van der Waals surface area contributed by atoms with Gasteiger partial charge in [0.25, 0.3) is 0 Å². The Hall–Kier alpha value is -2.09. The number of amides is 2. The molecule has 3 rings (SSSR count). The van der Waals surface area contributed by atoms with Crippen molar-refractivity contribution in [3.05, 3.63) is 49.8 Å². The quantitative estimate of drug-likeness (QED) is 0.355. The minimum absolute atomic E-state index is 0.275. The molecule has 0 spiro atoms. The van der Waals surface area contributed by atoms with Crippen molar-refractivity contribution in [3.63, 3.8) is 0 Å². The third-order valence-corrected chi connectivity index (χ3v) is 6.28. The molecule has 0 fully saturated rings. The van der Waals surface area contributed by atoms with Gasteiger partial charge in [-0.2, -0.15) is 5.10 Å². The van der Waals surface area contributed by atoms with Gasteiger partial charge in [-0.15, -0.1) is 11.3 Å². The Morgan fingerprint density at radius 2 is 2.17 bits per heavy atom. The molecule has 0 bridgehead atoms. The van der Waals surface area contributed by atoms with Crippen LogP contribution in [-0.2, 0) is 17.6 Å². The molecule has 1 aromatic heterocycles. The molecular weight excluding hydrogens is 433 g/mol. The predicted molar refractivity (Wildman–Crippen MR) is 118 cm³/mol. The van der Waals surface area contributed by atoms with Gasteiger partial charge in [-0.05, 0) is 49.8 Å². The molecule has 1 aliphatic carbocycles. The number of anilines is 1. The molecule has 1 aliphatic rings. The molecule has 2 N–H and O–H groups in total. The van der Waals surface area contributed by atoms with Crippen molar-refractivity contribution in [2.24, 2.45) is 11.0 Å². The number of ether oxygens (including phenoxy) is 1. The lowest BCUT2D eigenvalue weighted by molar-refractivity contribution is 0.0526. The molecule has 1 heterocycles. The summed E-state index contributed by atoms with van der Waals surface area (Å²) in [6, 6.07) is 4.41. The molecule has 0 unspecified atom stereocenters. The Morgan fingerprint density at radius 1 is 1.38 bits per heavy atom. The number of nitrogens with zero attached hydrogens (tertiary/aromatic N) is 1. The normalized spacial score (nSPS) is 15.8. The van der Waals surface area contributed by atoms with Gasteiger partial charge in [-0.1, -0.05) is 36.2 Å². The van der Waals surface area contributed by atoms with Crippen LogP contribution in [-0.4, -0.2) is 24.8 Å². The van der Waals surface area contributed by atoms with E-state index in [1.54, 1.807) is 25.1 Å². The van der Waals surface area contributed by atoms with Crippen molar-refractivity contribution in [2.45, 2.75) is 33.1 Å². The second-order valence-corrected chi connectivity index (χ2v) is 8.72. The lowest BCUT2D eigenvalue weighted by Gasteiger charge is -2.18. The summed E-state index contributed by atoms with van der Waals surface area (Å²) in [5.41, 5.74) is 4.45. The topological polar surface area (TPSA) is 79.8 Å². The number of fused-ring (bicyclic) bond motifs is 1. The van der Waals surface area contributed by atoms with Gasteiger partial charge in [0, 0.05) is 15.5 Å². The number of hydrazone groups is 1. The second-order valence-electron chi connectivity index (χ2n) is 6.77. The summed E-state index contributed by atoms with van der Waals surface area (Å²) in [5, 5.41) is 8.06. The van der Waals surface area contributed by atoms with Gasteiger partial charge in [0.05, 0.1) is 23.4 Å². The van der Waals surface area contributed by atoms with E-state index in [0.717, 1.165) is 29.7 Å². The number of thiophene rings is 1. The molecule has 2 amide bonds. The van der Waals surface area contributed by atoms with Crippen molar-refractivity contribution in [2.75, 3.05) is 11.9 Å². The Bertz CT molecular complexity index is 959. The Kier molecular flexibility index (Phi) is 7.16. The van der Waals surface area contributed by atoms with E-state index in [4.69, 9.17) is 27.9 Å². The summed E-state index contributed by atoms with van der Waals surface area (Å²) in [4.78, 5) is 25.9. The largest absolute Gasteiger partial charge is 0.462 e. The molecule has 9 heteroatoms. The Balaban J connectivity index is 1.74. The number of rotatable bonds is 5. The summed E-state index contributed by atoms with van der Waals surface area (Å²) in [7, 11) is 0. The molecule has 1 aromatic carbocycles. The highest BCUT2D eigenvalue weighted by atomic mass is 35.5. The third-order valence-electron chi connectivity index (χ3n) is 4.55. The molecule has 0 aliphatic heterocycles. The van der Waals surface area contributed by atoms with E-state index in [-0.39, 0.29) is 6.61 Å². The molecule has 1 atom stereocenters. The number of hydrogen-bond donors (Lipinski definition) is 2. The number of urea groups is 1. The molecule has 154 valence electrons. The zero-order valence-corrected chi connectivity index (χ0v) is 18.4. The van der Waals surface area contributed by atoms with Crippen LogP contribution in [0, 0.1) is 5.92 Å². The number of benzene rings is 1. The van der Waals surface area contributed by atoms with Crippen molar-refractivity contribution >= 4 is 57.8 Å². The number of halogens is 2. The van der Waals surface area contributed by atoms with Crippen molar-refractivity contribution in [3.8, 4) is 0 Å². The first-order valence-electron chi connectivity index (χ1n) is 9.25. The summed E-state index contributed by atoms with van der Waals surface area (Å²) in [5.74, 6) is 0.137. The lowest BCUT2D eigenvalue weighted by atomic mass is 9.88. The van der Waals surface area contributed by atoms with Crippen molar-refractivity contribution in [1.82, 2.24) is 5.43 Å². The molecule has 6 nitrogen and oxygen atoms in total. The molecule has 0 saturated carbocycles. The fourth-order valence-corrected chi connectivity index (χ4v) is 5.01. The fraction of sp³-hybridized carbons (Fsp3) is 0.350. The monoisotopic (exact) mass is 453 g/mol. The van der Waals surface area contributed by atoms with Gasteiger partial charge in [0.15, 0.2) is 0 Å². The van der Waals surface area contributed by atoms with Crippen LogP contribution in [0.1, 0.15) is 46.6 Å². The number of carbonyl (C=O) groups is 2. The van der Waals surface area contributed by atoms with E-state index < -0.39 is 12.0 Å².